The molecule has 2 aromatic heterocycles. The number of H-pyrrole nitrogens is 1. The minimum absolute atomic E-state index is 0.0166. The van der Waals surface area contributed by atoms with Gasteiger partial charge >= 0.3 is 0 Å². The van der Waals surface area contributed by atoms with Crippen molar-refractivity contribution < 1.29 is 9.59 Å². The number of amides is 2. The topological polar surface area (TPSA) is 104 Å². The van der Waals surface area contributed by atoms with Crippen LogP contribution in [0, 0.1) is 0 Å². The molecule has 0 aromatic carbocycles. The number of nitrogens with zero attached hydrogens (tertiary/aromatic N) is 1. The molecule has 0 bridgehead atoms. The number of thiazole rings is 1. The summed E-state index contributed by atoms with van der Waals surface area (Å²) in [5.41, 5.74) is 0.145. The molecule has 0 saturated carbocycles. The summed E-state index contributed by atoms with van der Waals surface area (Å²) in [7, 11) is 0. The summed E-state index contributed by atoms with van der Waals surface area (Å²) >= 11 is 1.22. The first-order valence-corrected chi connectivity index (χ1v) is 8.68. The van der Waals surface area contributed by atoms with Crippen LogP contribution in [0.1, 0.15) is 42.2 Å². The zero-order valence-corrected chi connectivity index (χ0v) is 14.2. The molecule has 0 saturated heterocycles. The molecule has 8 heteroatoms. The van der Waals surface area contributed by atoms with Crippen LogP contribution in [-0.4, -0.2) is 28.3 Å². The quantitative estimate of drug-likeness (QED) is 0.634. The Labute approximate surface area is 143 Å². The molecule has 0 radical (unpaired) electrons. The van der Waals surface area contributed by atoms with E-state index in [0.717, 1.165) is 19.3 Å². The fourth-order valence-electron chi connectivity index (χ4n) is 2.04. The molecule has 3 N–H and O–H groups in total. The fraction of sp³-hybridized carbons (Fsp3) is 0.375. The predicted octanol–water partition coefficient (Wildman–Crippen LogP) is 1.93. The average molecular weight is 348 g/mol. The molecule has 2 rings (SSSR count). The van der Waals surface area contributed by atoms with Gasteiger partial charge in [-0.1, -0.05) is 19.8 Å². The van der Waals surface area contributed by atoms with Crippen LogP contribution in [0.25, 0.3) is 0 Å². The van der Waals surface area contributed by atoms with Crippen molar-refractivity contribution in [3.63, 3.8) is 0 Å². The molecule has 0 aliphatic carbocycles. The first kappa shape index (κ1) is 17.9. The Morgan fingerprint density at radius 3 is 2.92 bits per heavy atom. The van der Waals surface area contributed by atoms with E-state index in [9.17, 15) is 14.4 Å². The Hall–Kier alpha value is -2.48. The Balaban J connectivity index is 1.87. The summed E-state index contributed by atoms with van der Waals surface area (Å²) in [6, 6.07) is 3.01. The predicted molar refractivity (Wildman–Crippen MR) is 93.4 cm³/mol. The van der Waals surface area contributed by atoms with Gasteiger partial charge in [0.1, 0.15) is 5.56 Å². The smallest absolute Gasteiger partial charge is 0.263 e. The van der Waals surface area contributed by atoms with Crippen LogP contribution in [0.3, 0.4) is 0 Å². The van der Waals surface area contributed by atoms with Crippen molar-refractivity contribution in [2.24, 2.45) is 0 Å². The molecule has 0 atom stereocenters. The number of carbonyl (C=O) groups is 2. The van der Waals surface area contributed by atoms with Gasteiger partial charge in [-0.05, 0) is 18.6 Å². The van der Waals surface area contributed by atoms with Gasteiger partial charge in [0.15, 0.2) is 5.13 Å². The van der Waals surface area contributed by atoms with Gasteiger partial charge < -0.3 is 10.3 Å². The molecule has 0 aliphatic rings. The third-order valence-corrected chi connectivity index (χ3v) is 4.09. The lowest BCUT2D eigenvalue weighted by Gasteiger charge is -2.03. The number of pyridine rings is 1. The number of aromatic amines is 1. The average Bonchev–Trinajstić information content (AvgIpc) is 2.98. The highest BCUT2D eigenvalue weighted by Crippen LogP contribution is 2.16. The maximum Gasteiger partial charge on any atom is 0.263 e. The second-order valence-electron chi connectivity index (χ2n) is 5.24. The van der Waals surface area contributed by atoms with E-state index < -0.39 is 11.5 Å². The van der Waals surface area contributed by atoms with Crippen molar-refractivity contribution in [2.75, 3.05) is 11.9 Å². The molecule has 0 fully saturated rings. The van der Waals surface area contributed by atoms with E-state index in [-0.39, 0.29) is 17.9 Å². The van der Waals surface area contributed by atoms with E-state index in [1.165, 1.54) is 23.6 Å². The SMILES string of the molecule is CCCCCNC(=O)Cc1csc(NC(=O)c2ccc[nH]c2=O)n1. The maximum absolute atomic E-state index is 12.0. The van der Waals surface area contributed by atoms with Crippen molar-refractivity contribution in [3.8, 4) is 0 Å². The second-order valence-corrected chi connectivity index (χ2v) is 6.10. The Bertz CT molecular complexity index is 754. The van der Waals surface area contributed by atoms with Crippen LogP contribution in [-0.2, 0) is 11.2 Å². The van der Waals surface area contributed by atoms with E-state index in [1.807, 2.05) is 0 Å². The highest BCUT2D eigenvalue weighted by atomic mass is 32.1. The van der Waals surface area contributed by atoms with Crippen molar-refractivity contribution in [1.82, 2.24) is 15.3 Å². The number of rotatable bonds is 8. The normalized spacial score (nSPS) is 10.4. The summed E-state index contributed by atoms with van der Waals surface area (Å²) in [5, 5.41) is 7.49. The minimum atomic E-state index is -0.526. The monoisotopic (exact) mass is 348 g/mol. The van der Waals surface area contributed by atoms with E-state index in [1.54, 1.807) is 11.4 Å². The van der Waals surface area contributed by atoms with Crippen LogP contribution in [0.4, 0.5) is 5.13 Å². The van der Waals surface area contributed by atoms with Crippen LogP contribution in [0.2, 0.25) is 0 Å². The molecule has 0 spiro atoms. The fourth-order valence-corrected chi connectivity index (χ4v) is 2.75. The molecule has 128 valence electrons. The number of unbranched alkanes of at least 4 members (excludes halogenated alkanes) is 2. The second kappa shape index (κ2) is 8.97. The van der Waals surface area contributed by atoms with Crippen LogP contribution >= 0.6 is 11.3 Å². The number of hydrogen-bond donors (Lipinski definition) is 3. The van der Waals surface area contributed by atoms with Crippen LogP contribution in [0.5, 0.6) is 0 Å². The number of hydrogen-bond acceptors (Lipinski definition) is 5. The van der Waals surface area contributed by atoms with Gasteiger partial charge in [0.05, 0.1) is 12.1 Å². The molecule has 2 amide bonds. The van der Waals surface area contributed by atoms with Crippen LogP contribution < -0.4 is 16.2 Å². The first-order valence-electron chi connectivity index (χ1n) is 7.80. The summed E-state index contributed by atoms with van der Waals surface area (Å²) in [6.07, 6.45) is 4.79. The summed E-state index contributed by atoms with van der Waals surface area (Å²) in [5.74, 6) is -0.615. The summed E-state index contributed by atoms with van der Waals surface area (Å²) < 4.78 is 0. The van der Waals surface area contributed by atoms with Crippen molar-refractivity contribution in [2.45, 2.75) is 32.6 Å². The summed E-state index contributed by atoms with van der Waals surface area (Å²) in [6.45, 7) is 2.77. The number of carbonyl (C=O) groups excluding carboxylic acids is 2. The van der Waals surface area contributed by atoms with Gasteiger partial charge in [-0.15, -0.1) is 11.3 Å². The molecular weight excluding hydrogens is 328 g/mol. The molecule has 2 aromatic rings. The third kappa shape index (κ3) is 5.31. The number of anilines is 1. The molecule has 7 nitrogen and oxygen atoms in total. The maximum atomic E-state index is 12.0. The van der Waals surface area contributed by atoms with E-state index in [2.05, 4.69) is 27.5 Å². The Morgan fingerprint density at radius 2 is 2.17 bits per heavy atom. The van der Waals surface area contributed by atoms with E-state index in [4.69, 9.17) is 0 Å². The standard InChI is InChI=1S/C16H20N4O3S/c1-2-3-4-7-17-13(21)9-11-10-24-16(19-11)20-15(23)12-6-5-8-18-14(12)22/h5-6,8,10H,2-4,7,9H2,1H3,(H,17,21)(H,18,22)(H,19,20,23). The van der Waals surface area contributed by atoms with E-state index in [0.29, 0.717) is 17.4 Å². The number of aromatic nitrogens is 2. The van der Waals surface area contributed by atoms with Gasteiger partial charge in [-0.3, -0.25) is 19.7 Å². The highest BCUT2D eigenvalue weighted by Gasteiger charge is 2.13. The highest BCUT2D eigenvalue weighted by molar-refractivity contribution is 7.14. The zero-order valence-electron chi connectivity index (χ0n) is 13.4. The van der Waals surface area contributed by atoms with Crippen molar-refractivity contribution >= 4 is 28.3 Å². The Morgan fingerprint density at radius 1 is 1.33 bits per heavy atom. The third-order valence-electron chi connectivity index (χ3n) is 3.28. The van der Waals surface area contributed by atoms with Gasteiger partial charge in [0, 0.05) is 18.1 Å². The lowest BCUT2D eigenvalue weighted by molar-refractivity contribution is -0.120. The van der Waals surface area contributed by atoms with Gasteiger partial charge in [-0.25, -0.2) is 4.98 Å². The lowest BCUT2D eigenvalue weighted by atomic mass is 10.2. The van der Waals surface area contributed by atoms with Gasteiger partial charge in [0.2, 0.25) is 5.91 Å². The molecule has 24 heavy (non-hydrogen) atoms. The summed E-state index contributed by atoms with van der Waals surface area (Å²) in [4.78, 5) is 42.0. The molecule has 0 unspecified atom stereocenters. The largest absolute Gasteiger partial charge is 0.356 e. The van der Waals surface area contributed by atoms with Crippen molar-refractivity contribution in [3.05, 3.63) is 45.3 Å². The van der Waals surface area contributed by atoms with Gasteiger partial charge in [0.25, 0.3) is 11.5 Å². The Kier molecular flexibility index (Phi) is 6.68. The molecule has 0 aliphatic heterocycles. The zero-order chi connectivity index (χ0) is 17.4. The van der Waals surface area contributed by atoms with Crippen LogP contribution in [0.15, 0.2) is 28.5 Å². The molecule has 2 heterocycles. The minimum Gasteiger partial charge on any atom is -0.356 e. The van der Waals surface area contributed by atoms with E-state index >= 15 is 0 Å². The van der Waals surface area contributed by atoms with Gasteiger partial charge in [-0.2, -0.15) is 0 Å². The molecular formula is C16H20N4O3S. The first-order chi connectivity index (χ1) is 11.6. The number of nitrogens with one attached hydrogen (secondary N) is 3. The van der Waals surface area contributed by atoms with Crippen molar-refractivity contribution in [1.29, 1.82) is 0 Å². The lowest BCUT2D eigenvalue weighted by Crippen LogP contribution is -2.26.